The third kappa shape index (κ3) is 4.38. The van der Waals surface area contributed by atoms with Crippen molar-refractivity contribution >= 4 is 25.6 Å². The first-order chi connectivity index (χ1) is 14.9. The van der Waals surface area contributed by atoms with E-state index < -0.39 is 20.0 Å². The first kappa shape index (κ1) is 23.8. The van der Waals surface area contributed by atoms with Gasteiger partial charge in [-0.05, 0) is 63.6 Å². The SMILES string of the molecule is Cc1cc2c(n1S(C)(=O)=O)CCC=C2C#N.Cc1cc2c(n1S(C)(=O)=O)CCCC2C#N. The molecule has 8 nitrogen and oxygen atoms in total. The van der Waals surface area contributed by atoms with Crippen LogP contribution in [0.25, 0.3) is 5.57 Å². The average molecular weight is 475 g/mol. The molecule has 0 aliphatic heterocycles. The van der Waals surface area contributed by atoms with Crippen LogP contribution in [-0.2, 0) is 32.9 Å². The van der Waals surface area contributed by atoms with Crippen LogP contribution < -0.4 is 0 Å². The summed E-state index contributed by atoms with van der Waals surface area (Å²) in [4.78, 5) is 0. The predicted octanol–water partition coefficient (Wildman–Crippen LogP) is 3.01. The van der Waals surface area contributed by atoms with E-state index >= 15 is 0 Å². The quantitative estimate of drug-likeness (QED) is 0.659. The van der Waals surface area contributed by atoms with Crippen LogP contribution in [0.5, 0.6) is 0 Å². The number of nitrogens with zero attached hydrogens (tertiary/aromatic N) is 4. The maximum atomic E-state index is 11.7. The summed E-state index contributed by atoms with van der Waals surface area (Å²) in [7, 11) is -6.54. The summed E-state index contributed by atoms with van der Waals surface area (Å²) in [5, 5.41) is 18.0. The number of hydrogen-bond acceptors (Lipinski definition) is 6. The molecule has 1 atom stereocenters. The molecule has 0 radical (unpaired) electrons. The van der Waals surface area contributed by atoms with Crippen molar-refractivity contribution in [2.45, 2.75) is 51.9 Å². The summed E-state index contributed by atoms with van der Waals surface area (Å²) in [6, 6.07) is 7.95. The van der Waals surface area contributed by atoms with Crippen LogP contribution in [0, 0.1) is 36.5 Å². The molecule has 4 rings (SSSR count). The van der Waals surface area contributed by atoms with Gasteiger partial charge in [-0.1, -0.05) is 6.08 Å². The van der Waals surface area contributed by atoms with Crippen LogP contribution >= 0.6 is 0 Å². The topological polar surface area (TPSA) is 126 Å². The van der Waals surface area contributed by atoms with Gasteiger partial charge < -0.3 is 0 Å². The van der Waals surface area contributed by atoms with E-state index in [1.54, 1.807) is 19.9 Å². The fourth-order valence-corrected chi connectivity index (χ4v) is 6.98. The molecular weight excluding hydrogens is 448 g/mol. The summed E-state index contributed by atoms with van der Waals surface area (Å²) >= 11 is 0. The minimum atomic E-state index is -3.28. The van der Waals surface area contributed by atoms with Gasteiger partial charge in [-0.25, -0.2) is 24.8 Å². The minimum absolute atomic E-state index is 0.148. The molecule has 0 bridgehead atoms. The lowest BCUT2D eigenvalue weighted by molar-refractivity contribution is 0.580. The second-order valence-corrected chi connectivity index (χ2v) is 11.9. The minimum Gasteiger partial charge on any atom is -0.247 e. The Labute approximate surface area is 189 Å². The van der Waals surface area contributed by atoms with Gasteiger partial charge in [-0.15, -0.1) is 0 Å². The van der Waals surface area contributed by atoms with E-state index in [0.29, 0.717) is 23.4 Å². The first-order valence-electron chi connectivity index (χ1n) is 10.2. The predicted molar refractivity (Wildman–Crippen MR) is 122 cm³/mol. The third-order valence-electron chi connectivity index (χ3n) is 5.73. The fourth-order valence-electron chi connectivity index (χ4n) is 4.64. The van der Waals surface area contributed by atoms with E-state index in [1.165, 1.54) is 20.5 Å². The van der Waals surface area contributed by atoms with Crippen molar-refractivity contribution in [2.75, 3.05) is 12.5 Å². The number of fused-ring (bicyclic) bond motifs is 2. The summed E-state index contributed by atoms with van der Waals surface area (Å²) in [6.45, 7) is 3.52. The molecule has 1 unspecified atom stereocenters. The van der Waals surface area contributed by atoms with Gasteiger partial charge in [0.1, 0.15) is 0 Å². The van der Waals surface area contributed by atoms with Gasteiger partial charge in [0, 0.05) is 28.3 Å². The zero-order valence-corrected chi connectivity index (χ0v) is 20.2. The summed E-state index contributed by atoms with van der Waals surface area (Å²) < 4.78 is 49.3. The smallest absolute Gasteiger partial charge is 0.236 e. The molecule has 170 valence electrons. The summed E-state index contributed by atoms with van der Waals surface area (Å²) in [5.74, 6) is -0.148. The Morgan fingerprint density at radius 3 is 2.09 bits per heavy atom. The number of allylic oxidation sites excluding steroid dienone is 2. The molecule has 0 N–H and O–H groups in total. The van der Waals surface area contributed by atoms with Crippen molar-refractivity contribution in [3.8, 4) is 12.1 Å². The zero-order valence-electron chi connectivity index (χ0n) is 18.6. The van der Waals surface area contributed by atoms with E-state index in [4.69, 9.17) is 10.5 Å². The molecule has 0 fully saturated rings. The lowest BCUT2D eigenvalue weighted by atomic mass is 9.88. The third-order valence-corrected chi connectivity index (χ3v) is 8.08. The Bertz CT molecular complexity index is 1390. The van der Waals surface area contributed by atoms with Gasteiger partial charge in [0.15, 0.2) is 0 Å². The number of nitriles is 2. The van der Waals surface area contributed by atoms with Gasteiger partial charge in [0.2, 0.25) is 20.0 Å². The largest absolute Gasteiger partial charge is 0.247 e. The Morgan fingerprint density at radius 2 is 1.53 bits per heavy atom. The maximum Gasteiger partial charge on any atom is 0.236 e. The van der Waals surface area contributed by atoms with E-state index in [1.807, 2.05) is 12.1 Å². The Kier molecular flexibility index (Phi) is 6.41. The lowest BCUT2D eigenvalue weighted by Crippen LogP contribution is -2.18. The van der Waals surface area contributed by atoms with Crippen molar-refractivity contribution < 1.29 is 16.8 Å². The number of hydrogen-bond donors (Lipinski definition) is 0. The fraction of sp³-hybridized carbons (Fsp3) is 0.455. The molecule has 10 heteroatoms. The van der Waals surface area contributed by atoms with Crippen molar-refractivity contribution in [1.82, 2.24) is 7.94 Å². The van der Waals surface area contributed by atoms with Gasteiger partial charge >= 0.3 is 0 Å². The van der Waals surface area contributed by atoms with Crippen LogP contribution in [0.1, 0.15) is 59.1 Å². The molecular formula is C22H26N4O4S2. The highest BCUT2D eigenvalue weighted by atomic mass is 32.2. The Morgan fingerprint density at radius 1 is 0.938 bits per heavy atom. The van der Waals surface area contributed by atoms with Crippen molar-refractivity contribution in [2.24, 2.45) is 0 Å². The molecule has 2 aliphatic carbocycles. The highest BCUT2D eigenvalue weighted by molar-refractivity contribution is 7.89. The Balaban J connectivity index is 0.000000181. The second-order valence-electron chi connectivity index (χ2n) is 8.23. The van der Waals surface area contributed by atoms with E-state index in [0.717, 1.165) is 48.2 Å². The molecule has 0 aromatic carbocycles. The number of aromatic nitrogens is 2. The lowest BCUT2D eigenvalue weighted by Gasteiger charge is -2.18. The van der Waals surface area contributed by atoms with Gasteiger partial charge in [-0.2, -0.15) is 10.5 Å². The molecule has 32 heavy (non-hydrogen) atoms. The zero-order chi connectivity index (χ0) is 23.8. The molecule has 2 aliphatic rings. The molecule has 0 saturated carbocycles. The number of aryl methyl sites for hydroxylation is 2. The normalized spacial score (nSPS) is 17.7. The van der Waals surface area contributed by atoms with Crippen molar-refractivity contribution in [1.29, 1.82) is 10.5 Å². The molecule has 0 spiro atoms. The van der Waals surface area contributed by atoms with Crippen LogP contribution in [0.4, 0.5) is 0 Å². The molecule has 0 amide bonds. The monoisotopic (exact) mass is 474 g/mol. The first-order valence-corrected chi connectivity index (χ1v) is 13.9. The molecule has 0 saturated heterocycles. The molecule has 2 aromatic rings. The standard InChI is InChI=1S/C11H14N2O2S.C11H12N2O2S/c2*1-8-6-10-9(7-12)4-3-5-11(10)13(8)16(2,14)15/h6,9H,3-5H2,1-2H3;4,6H,3,5H2,1-2H3. The molecule has 2 aromatic heterocycles. The summed E-state index contributed by atoms with van der Waals surface area (Å²) in [6.07, 6.45) is 8.08. The number of rotatable bonds is 2. The van der Waals surface area contributed by atoms with Crippen LogP contribution in [0.15, 0.2) is 18.2 Å². The van der Waals surface area contributed by atoms with Crippen molar-refractivity contribution in [3.05, 3.63) is 52.1 Å². The highest BCUT2D eigenvalue weighted by Crippen LogP contribution is 2.34. The van der Waals surface area contributed by atoms with Crippen molar-refractivity contribution in [3.63, 3.8) is 0 Å². The van der Waals surface area contributed by atoms with Gasteiger partial charge in [0.05, 0.1) is 36.1 Å². The van der Waals surface area contributed by atoms with Crippen LogP contribution in [0.2, 0.25) is 0 Å². The van der Waals surface area contributed by atoms with E-state index in [9.17, 15) is 16.8 Å². The summed E-state index contributed by atoms with van der Waals surface area (Å²) in [5.41, 5.74) is 5.14. The van der Waals surface area contributed by atoms with E-state index in [-0.39, 0.29) is 5.92 Å². The van der Waals surface area contributed by atoms with E-state index in [2.05, 4.69) is 12.1 Å². The van der Waals surface area contributed by atoms with Crippen LogP contribution in [-0.4, -0.2) is 37.3 Å². The molecule has 2 heterocycles. The van der Waals surface area contributed by atoms with Gasteiger partial charge in [0.25, 0.3) is 0 Å². The highest BCUT2D eigenvalue weighted by Gasteiger charge is 2.27. The Hall–Kier alpha value is -2.82. The van der Waals surface area contributed by atoms with Gasteiger partial charge in [-0.3, -0.25) is 0 Å². The second kappa shape index (κ2) is 8.61. The average Bonchev–Trinajstić information content (AvgIpc) is 3.22. The van der Waals surface area contributed by atoms with Crippen LogP contribution in [0.3, 0.4) is 0 Å². The maximum absolute atomic E-state index is 11.7.